The van der Waals surface area contributed by atoms with Gasteiger partial charge in [-0.05, 0) is 30.9 Å². The SMILES string of the molecule is CCc1nc(CC)n(-c2nc3c(cc2CN)CCC3)n1. The molecule has 106 valence electrons. The Hall–Kier alpha value is -1.75. The summed E-state index contributed by atoms with van der Waals surface area (Å²) in [7, 11) is 0. The van der Waals surface area contributed by atoms with Crippen molar-refractivity contribution in [2.45, 2.75) is 52.5 Å². The van der Waals surface area contributed by atoms with Gasteiger partial charge in [0.2, 0.25) is 0 Å². The Kier molecular flexibility index (Phi) is 3.53. The zero-order valence-electron chi connectivity index (χ0n) is 12.2. The summed E-state index contributed by atoms with van der Waals surface area (Å²) in [5.74, 6) is 2.70. The quantitative estimate of drug-likeness (QED) is 0.919. The van der Waals surface area contributed by atoms with Gasteiger partial charge >= 0.3 is 0 Å². The Balaban J connectivity index is 2.16. The van der Waals surface area contributed by atoms with Gasteiger partial charge in [-0.15, -0.1) is 5.10 Å². The number of aromatic nitrogens is 4. The van der Waals surface area contributed by atoms with E-state index in [1.807, 2.05) is 4.68 Å². The van der Waals surface area contributed by atoms with Crippen LogP contribution in [0.4, 0.5) is 0 Å². The molecule has 2 aromatic rings. The van der Waals surface area contributed by atoms with Gasteiger partial charge in [0.1, 0.15) is 5.82 Å². The topological polar surface area (TPSA) is 69.6 Å². The molecule has 1 aliphatic carbocycles. The molecule has 5 heteroatoms. The third-order valence-electron chi connectivity index (χ3n) is 3.88. The number of hydrogen-bond donors (Lipinski definition) is 1. The monoisotopic (exact) mass is 271 g/mol. The van der Waals surface area contributed by atoms with Gasteiger partial charge in [-0.1, -0.05) is 13.8 Å². The molecule has 0 unspecified atom stereocenters. The summed E-state index contributed by atoms with van der Waals surface area (Å²) in [6.45, 7) is 4.65. The van der Waals surface area contributed by atoms with Crippen LogP contribution in [0.5, 0.6) is 0 Å². The second-order valence-electron chi connectivity index (χ2n) is 5.20. The van der Waals surface area contributed by atoms with Crippen LogP contribution in [0.15, 0.2) is 6.07 Å². The molecule has 0 radical (unpaired) electrons. The lowest BCUT2D eigenvalue weighted by molar-refractivity contribution is 0.749. The first-order valence-electron chi connectivity index (χ1n) is 7.43. The van der Waals surface area contributed by atoms with E-state index in [-0.39, 0.29) is 0 Å². The molecule has 0 saturated carbocycles. The minimum atomic E-state index is 0.486. The molecule has 0 aromatic carbocycles. The molecule has 0 saturated heterocycles. The lowest BCUT2D eigenvalue weighted by Crippen LogP contribution is -2.12. The van der Waals surface area contributed by atoms with Crippen LogP contribution < -0.4 is 5.73 Å². The van der Waals surface area contributed by atoms with Crippen molar-refractivity contribution in [1.29, 1.82) is 0 Å². The zero-order chi connectivity index (χ0) is 14.1. The van der Waals surface area contributed by atoms with Crippen LogP contribution in [0, 0.1) is 0 Å². The highest BCUT2D eigenvalue weighted by Gasteiger charge is 2.19. The molecule has 2 heterocycles. The van der Waals surface area contributed by atoms with E-state index in [4.69, 9.17) is 10.7 Å². The average molecular weight is 271 g/mol. The van der Waals surface area contributed by atoms with E-state index >= 15 is 0 Å². The van der Waals surface area contributed by atoms with Crippen molar-refractivity contribution in [2.75, 3.05) is 0 Å². The Morgan fingerprint density at radius 2 is 2.05 bits per heavy atom. The molecule has 2 aromatic heterocycles. The molecule has 0 bridgehead atoms. The summed E-state index contributed by atoms with van der Waals surface area (Å²) in [6.07, 6.45) is 5.05. The highest BCUT2D eigenvalue weighted by molar-refractivity contribution is 5.41. The maximum Gasteiger partial charge on any atom is 0.160 e. The highest BCUT2D eigenvalue weighted by Crippen LogP contribution is 2.25. The lowest BCUT2D eigenvalue weighted by Gasteiger charge is -2.11. The molecule has 0 aliphatic heterocycles. The number of nitrogens with zero attached hydrogens (tertiary/aromatic N) is 4. The maximum absolute atomic E-state index is 5.91. The highest BCUT2D eigenvalue weighted by atomic mass is 15.4. The van der Waals surface area contributed by atoms with Crippen LogP contribution in [0.2, 0.25) is 0 Å². The Bertz CT molecular complexity index is 629. The lowest BCUT2D eigenvalue weighted by atomic mass is 10.1. The van der Waals surface area contributed by atoms with Gasteiger partial charge in [0.25, 0.3) is 0 Å². The van der Waals surface area contributed by atoms with Crippen molar-refractivity contribution in [3.05, 3.63) is 34.5 Å². The number of nitrogens with two attached hydrogens (primary N) is 1. The molecule has 0 spiro atoms. The van der Waals surface area contributed by atoms with Gasteiger partial charge < -0.3 is 5.73 Å². The van der Waals surface area contributed by atoms with E-state index in [1.54, 1.807) is 0 Å². The van der Waals surface area contributed by atoms with Crippen LogP contribution in [0.3, 0.4) is 0 Å². The molecule has 1 aliphatic rings. The average Bonchev–Trinajstić information content (AvgIpc) is 3.10. The van der Waals surface area contributed by atoms with Gasteiger partial charge in [0, 0.05) is 30.6 Å². The minimum Gasteiger partial charge on any atom is -0.326 e. The van der Waals surface area contributed by atoms with E-state index in [1.165, 1.54) is 17.7 Å². The molecule has 0 fully saturated rings. The summed E-state index contributed by atoms with van der Waals surface area (Å²) in [5.41, 5.74) is 9.53. The molecular formula is C15H21N5. The molecule has 20 heavy (non-hydrogen) atoms. The van der Waals surface area contributed by atoms with Gasteiger partial charge in [-0.25, -0.2) is 9.97 Å². The van der Waals surface area contributed by atoms with Crippen LogP contribution >= 0.6 is 0 Å². The molecule has 2 N–H and O–H groups in total. The van der Waals surface area contributed by atoms with E-state index in [9.17, 15) is 0 Å². The van der Waals surface area contributed by atoms with Crippen LogP contribution in [0.25, 0.3) is 5.82 Å². The molecule has 5 nitrogen and oxygen atoms in total. The second-order valence-corrected chi connectivity index (χ2v) is 5.20. The van der Waals surface area contributed by atoms with Gasteiger partial charge in [-0.3, -0.25) is 0 Å². The smallest absolute Gasteiger partial charge is 0.160 e. The van der Waals surface area contributed by atoms with Crippen molar-refractivity contribution >= 4 is 0 Å². The van der Waals surface area contributed by atoms with Crippen molar-refractivity contribution in [3.63, 3.8) is 0 Å². The van der Waals surface area contributed by atoms with Gasteiger partial charge in [0.15, 0.2) is 11.6 Å². The van der Waals surface area contributed by atoms with Crippen molar-refractivity contribution in [3.8, 4) is 5.82 Å². The van der Waals surface area contributed by atoms with E-state index in [2.05, 4.69) is 30.0 Å². The van der Waals surface area contributed by atoms with E-state index < -0.39 is 0 Å². The molecule has 0 amide bonds. The first-order chi connectivity index (χ1) is 9.76. The molecular weight excluding hydrogens is 250 g/mol. The summed E-state index contributed by atoms with van der Waals surface area (Å²) in [5, 5.41) is 4.59. The summed E-state index contributed by atoms with van der Waals surface area (Å²) >= 11 is 0. The fourth-order valence-corrected chi connectivity index (χ4v) is 2.78. The first kappa shape index (κ1) is 13.2. The van der Waals surface area contributed by atoms with Crippen molar-refractivity contribution in [2.24, 2.45) is 5.73 Å². The Morgan fingerprint density at radius 3 is 2.75 bits per heavy atom. The summed E-state index contributed by atoms with van der Waals surface area (Å²) < 4.78 is 1.89. The third kappa shape index (κ3) is 2.12. The largest absolute Gasteiger partial charge is 0.326 e. The van der Waals surface area contributed by atoms with Crippen LogP contribution in [-0.4, -0.2) is 19.7 Å². The zero-order valence-corrected chi connectivity index (χ0v) is 12.2. The van der Waals surface area contributed by atoms with E-state index in [0.29, 0.717) is 6.54 Å². The standard InChI is InChI=1S/C15H21N5/c1-3-13-18-14(4-2)20(19-13)15-11(9-16)8-10-6-5-7-12(10)17-15/h8H,3-7,9,16H2,1-2H3. The number of pyridine rings is 1. The third-order valence-corrected chi connectivity index (χ3v) is 3.88. The Labute approximate surface area is 119 Å². The number of rotatable bonds is 4. The van der Waals surface area contributed by atoms with Gasteiger partial charge in [-0.2, -0.15) is 4.68 Å². The summed E-state index contributed by atoms with van der Waals surface area (Å²) in [6, 6.07) is 2.21. The summed E-state index contributed by atoms with van der Waals surface area (Å²) in [4.78, 5) is 9.39. The predicted octanol–water partition coefficient (Wildman–Crippen LogP) is 1.73. The van der Waals surface area contributed by atoms with Crippen molar-refractivity contribution in [1.82, 2.24) is 19.7 Å². The molecule has 3 rings (SSSR count). The van der Waals surface area contributed by atoms with Crippen LogP contribution in [0.1, 0.15) is 48.7 Å². The fourth-order valence-electron chi connectivity index (χ4n) is 2.78. The van der Waals surface area contributed by atoms with Crippen molar-refractivity contribution < 1.29 is 0 Å². The van der Waals surface area contributed by atoms with Crippen LogP contribution in [-0.2, 0) is 32.2 Å². The van der Waals surface area contributed by atoms with E-state index in [0.717, 1.165) is 48.7 Å². The number of hydrogen-bond acceptors (Lipinski definition) is 4. The van der Waals surface area contributed by atoms with Gasteiger partial charge in [0.05, 0.1) is 0 Å². The predicted molar refractivity (Wildman–Crippen MR) is 77.8 cm³/mol. The second kappa shape index (κ2) is 5.32. The first-order valence-corrected chi connectivity index (χ1v) is 7.43. The normalized spacial score (nSPS) is 13.8. The minimum absolute atomic E-state index is 0.486. The number of aryl methyl sites for hydroxylation is 4. The Morgan fingerprint density at radius 1 is 1.20 bits per heavy atom. The maximum atomic E-state index is 5.91. The number of fused-ring (bicyclic) bond motifs is 1. The molecule has 0 atom stereocenters. The fraction of sp³-hybridized carbons (Fsp3) is 0.533.